The molecule has 2 atom stereocenters. The van der Waals surface area contributed by atoms with Gasteiger partial charge in [0.15, 0.2) is 0 Å². The summed E-state index contributed by atoms with van der Waals surface area (Å²) in [6, 6.07) is 8.99. The maximum atomic E-state index is 12.0. The Morgan fingerprint density at radius 2 is 0.585 bits per heavy atom. The molecule has 41 heavy (non-hydrogen) atoms. The summed E-state index contributed by atoms with van der Waals surface area (Å²) in [7, 11) is -4.21. The van der Waals surface area contributed by atoms with Crippen molar-refractivity contribution in [2.24, 2.45) is 0 Å². The van der Waals surface area contributed by atoms with Gasteiger partial charge in [-0.1, -0.05) is 149 Å². The van der Waals surface area contributed by atoms with E-state index in [1.807, 2.05) is 0 Å². The summed E-state index contributed by atoms with van der Waals surface area (Å²) in [5.74, 6) is 0. The zero-order valence-corrected chi connectivity index (χ0v) is 31.3. The van der Waals surface area contributed by atoms with Crippen molar-refractivity contribution in [1.29, 1.82) is 0 Å². The SMILES string of the molecule is CC(C)(C)c1cc(C(C)(C)C)c(P(O)OP(O)c2c(C(C)(C)C)cc(C(C)(C)C)cc2C(C)(C)C)c(C(C)(C)C)c1. The van der Waals surface area contributed by atoms with Gasteiger partial charge in [-0.05, 0) is 65.9 Å². The van der Waals surface area contributed by atoms with E-state index in [9.17, 15) is 9.79 Å². The largest absolute Gasteiger partial charge is 0.346 e. The first-order valence-corrected chi connectivity index (χ1v) is 17.4. The van der Waals surface area contributed by atoms with Crippen molar-refractivity contribution in [3.63, 3.8) is 0 Å². The molecule has 0 saturated carbocycles. The van der Waals surface area contributed by atoms with Gasteiger partial charge in [0, 0.05) is 10.6 Å². The molecule has 0 aliphatic heterocycles. The van der Waals surface area contributed by atoms with Gasteiger partial charge in [0.1, 0.15) is 0 Å². The Labute approximate surface area is 255 Å². The Bertz CT molecular complexity index is 1070. The summed E-state index contributed by atoms with van der Waals surface area (Å²) < 4.78 is 6.46. The molecule has 0 radical (unpaired) electrons. The van der Waals surface area contributed by atoms with Crippen LogP contribution in [0.5, 0.6) is 0 Å². The first kappa shape index (κ1) is 36.4. The molecule has 0 aromatic heterocycles. The van der Waals surface area contributed by atoms with Crippen LogP contribution in [0.25, 0.3) is 0 Å². The van der Waals surface area contributed by atoms with Crippen LogP contribution >= 0.6 is 16.8 Å². The first-order chi connectivity index (χ1) is 18.0. The summed E-state index contributed by atoms with van der Waals surface area (Å²) in [6.45, 7) is 39.7. The molecular formula is C36H60O3P2. The Hall–Kier alpha value is -0.820. The molecule has 2 rings (SSSR count). The highest BCUT2D eigenvalue weighted by molar-refractivity contribution is 7.68. The van der Waals surface area contributed by atoms with E-state index < -0.39 is 16.8 Å². The second kappa shape index (κ2) is 11.6. The number of rotatable bonds is 4. The topological polar surface area (TPSA) is 49.7 Å². The monoisotopic (exact) mass is 602 g/mol. The van der Waals surface area contributed by atoms with Crippen LogP contribution in [0, 0.1) is 0 Å². The van der Waals surface area contributed by atoms with Gasteiger partial charge in [0.05, 0.1) is 0 Å². The molecule has 2 aromatic carbocycles. The fourth-order valence-electron chi connectivity index (χ4n) is 4.99. The van der Waals surface area contributed by atoms with Gasteiger partial charge in [0.25, 0.3) is 0 Å². The van der Waals surface area contributed by atoms with Crippen LogP contribution in [-0.4, -0.2) is 9.79 Å². The summed E-state index contributed by atoms with van der Waals surface area (Å²) in [4.78, 5) is 24.0. The van der Waals surface area contributed by atoms with E-state index in [1.54, 1.807) is 0 Å². The molecule has 3 nitrogen and oxygen atoms in total. The van der Waals surface area contributed by atoms with Crippen LogP contribution in [0.15, 0.2) is 24.3 Å². The molecule has 5 heteroatoms. The second-order valence-corrected chi connectivity index (χ2v) is 20.6. The highest BCUT2D eigenvalue weighted by Gasteiger charge is 2.37. The third-order valence-electron chi connectivity index (χ3n) is 7.72. The molecule has 2 aromatic rings. The molecule has 0 fully saturated rings. The lowest BCUT2D eigenvalue weighted by molar-refractivity contribution is 0.468. The van der Waals surface area contributed by atoms with E-state index in [2.05, 4.69) is 149 Å². The third kappa shape index (κ3) is 8.64. The standard InChI is InChI=1S/C36H60O3P2/c1-31(2,3)23-19-25(33(7,8)9)29(26(20-23)34(10,11)12)40(37)39-41(38)30-27(35(13,14)15)21-24(32(4,5)6)22-28(30)36(16,17)18/h19-22,37-38H,1-18H3. The minimum absolute atomic E-state index is 0.0424. The van der Waals surface area contributed by atoms with Crippen molar-refractivity contribution in [2.75, 3.05) is 0 Å². The molecule has 232 valence electrons. The Morgan fingerprint density at radius 3 is 0.732 bits per heavy atom. The third-order valence-corrected chi connectivity index (χ3v) is 10.7. The number of benzene rings is 2. The molecule has 0 amide bonds. The number of hydrogen-bond acceptors (Lipinski definition) is 3. The zero-order valence-electron chi connectivity index (χ0n) is 29.5. The lowest BCUT2D eigenvalue weighted by atomic mass is 9.75. The highest BCUT2D eigenvalue weighted by Crippen LogP contribution is 2.53. The predicted octanol–water partition coefficient (Wildman–Crippen LogP) is 10.0. The molecule has 0 spiro atoms. The van der Waals surface area contributed by atoms with Crippen LogP contribution in [0.2, 0.25) is 0 Å². The van der Waals surface area contributed by atoms with Crippen molar-refractivity contribution >= 4 is 27.4 Å². The van der Waals surface area contributed by atoms with Crippen LogP contribution in [0.4, 0.5) is 0 Å². The van der Waals surface area contributed by atoms with Crippen molar-refractivity contribution in [3.05, 3.63) is 57.6 Å². The Kier molecular flexibility index (Phi) is 10.3. The van der Waals surface area contributed by atoms with Gasteiger partial charge in [0.2, 0.25) is 16.8 Å². The quantitative estimate of drug-likeness (QED) is 0.343. The Balaban J connectivity index is 2.88. The molecule has 0 aliphatic rings. The van der Waals surface area contributed by atoms with Crippen LogP contribution in [0.3, 0.4) is 0 Å². The second-order valence-electron chi connectivity index (χ2n) is 18.0. The van der Waals surface area contributed by atoms with Crippen LogP contribution < -0.4 is 10.6 Å². The molecule has 0 aliphatic carbocycles. The summed E-state index contributed by atoms with van der Waals surface area (Å²) >= 11 is 0. The lowest BCUT2D eigenvalue weighted by Crippen LogP contribution is -2.33. The normalized spacial score (nSPS) is 15.7. The molecule has 2 N–H and O–H groups in total. The van der Waals surface area contributed by atoms with E-state index in [0.717, 1.165) is 32.9 Å². The average Bonchev–Trinajstić information content (AvgIpc) is 2.73. The van der Waals surface area contributed by atoms with Crippen molar-refractivity contribution < 1.29 is 14.1 Å². The van der Waals surface area contributed by atoms with E-state index in [-0.39, 0.29) is 32.5 Å². The molecular weight excluding hydrogens is 542 g/mol. The highest BCUT2D eigenvalue weighted by atomic mass is 31.2. The van der Waals surface area contributed by atoms with Crippen molar-refractivity contribution in [1.82, 2.24) is 0 Å². The van der Waals surface area contributed by atoms with Gasteiger partial charge in [-0.2, -0.15) is 0 Å². The van der Waals surface area contributed by atoms with Gasteiger partial charge in [-0.15, -0.1) is 0 Å². The van der Waals surface area contributed by atoms with E-state index in [4.69, 9.17) is 4.31 Å². The first-order valence-electron chi connectivity index (χ1n) is 15.0. The average molecular weight is 603 g/mol. The minimum atomic E-state index is -2.11. The van der Waals surface area contributed by atoms with Crippen LogP contribution in [0.1, 0.15) is 158 Å². The lowest BCUT2D eigenvalue weighted by Gasteiger charge is -2.36. The maximum absolute atomic E-state index is 12.0. The fourth-order valence-corrected chi connectivity index (χ4v) is 8.65. The van der Waals surface area contributed by atoms with E-state index in [0.29, 0.717) is 0 Å². The van der Waals surface area contributed by atoms with E-state index >= 15 is 0 Å². The summed E-state index contributed by atoms with van der Waals surface area (Å²) in [5.41, 5.74) is 5.87. The van der Waals surface area contributed by atoms with E-state index in [1.165, 1.54) is 11.1 Å². The summed E-state index contributed by atoms with van der Waals surface area (Å²) in [6.07, 6.45) is 0. The van der Waals surface area contributed by atoms with Gasteiger partial charge in [-0.25, -0.2) is 0 Å². The smallest absolute Gasteiger partial charge is 0.208 e. The molecule has 0 heterocycles. The molecule has 2 unspecified atom stereocenters. The van der Waals surface area contributed by atoms with Crippen molar-refractivity contribution in [2.45, 2.75) is 157 Å². The minimum Gasteiger partial charge on any atom is -0.346 e. The number of hydrogen-bond donors (Lipinski definition) is 2. The zero-order chi connectivity index (χ0) is 32.3. The van der Waals surface area contributed by atoms with Gasteiger partial charge < -0.3 is 9.79 Å². The fraction of sp³-hybridized carbons (Fsp3) is 0.667. The maximum Gasteiger partial charge on any atom is 0.208 e. The van der Waals surface area contributed by atoms with Gasteiger partial charge >= 0.3 is 0 Å². The Morgan fingerprint density at radius 1 is 0.390 bits per heavy atom. The van der Waals surface area contributed by atoms with Crippen LogP contribution in [-0.2, 0) is 36.8 Å². The predicted molar refractivity (Wildman–Crippen MR) is 184 cm³/mol. The van der Waals surface area contributed by atoms with Crippen molar-refractivity contribution in [3.8, 4) is 0 Å². The molecule has 0 bridgehead atoms. The summed E-state index contributed by atoms with van der Waals surface area (Å²) in [5, 5.41) is 1.69. The van der Waals surface area contributed by atoms with Gasteiger partial charge in [-0.3, -0.25) is 4.31 Å². The molecule has 0 saturated heterocycles.